The van der Waals surface area contributed by atoms with Crippen molar-refractivity contribution in [3.63, 3.8) is 0 Å². The van der Waals surface area contributed by atoms with E-state index in [9.17, 15) is 4.39 Å². The largest absolute Gasteiger partial charge is 0.384 e. The Morgan fingerprint density at radius 3 is 2.31 bits per heavy atom. The lowest BCUT2D eigenvalue weighted by molar-refractivity contribution is -0.0807. The van der Waals surface area contributed by atoms with Crippen LogP contribution in [0, 0.1) is 17.8 Å². The van der Waals surface area contributed by atoms with Crippen LogP contribution in [-0.4, -0.2) is 19.4 Å². The van der Waals surface area contributed by atoms with Gasteiger partial charge in [0.25, 0.3) is 0 Å². The maximum atomic E-state index is 14.2. The van der Waals surface area contributed by atoms with Crippen LogP contribution >= 0.6 is 0 Å². The molecule has 0 bridgehead atoms. The van der Waals surface area contributed by atoms with Crippen molar-refractivity contribution in [3.8, 4) is 0 Å². The molecule has 0 heterocycles. The van der Waals surface area contributed by atoms with E-state index in [1.807, 2.05) is 0 Å². The second kappa shape index (κ2) is 3.95. The predicted octanol–water partition coefficient (Wildman–Crippen LogP) is 3.04. The monoisotopic (exact) mass is 188 g/mol. The minimum atomic E-state index is -0.941. The number of rotatable bonds is 4. The summed E-state index contributed by atoms with van der Waals surface area (Å²) in [6.45, 7) is 6.82. The van der Waals surface area contributed by atoms with Crippen LogP contribution in [-0.2, 0) is 4.74 Å². The first-order valence-electron chi connectivity index (χ1n) is 5.17. The smallest absolute Gasteiger partial charge is 0.116 e. The van der Waals surface area contributed by atoms with Gasteiger partial charge in [-0.15, -0.1) is 0 Å². The molecule has 1 saturated carbocycles. The van der Waals surface area contributed by atoms with Gasteiger partial charge in [0.2, 0.25) is 0 Å². The van der Waals surface area contributed by atoms with E-state index in [0.29, 0.717) is 18.4 Å². The SMILES string of the molecule is COCC(C(C)C)C1(F)CC(C)C1. The normalized spacial score (nSPS) is 36.0. The van der Waals surface area contributed by atoms with Gasteiger partial charge < -0.3 is 4.74 Å². The average Bonchev–Trinajstić information content (AvgIpc) is 1.96. The molecule has 1 aliphatic carbocycles. The Morgan fingerprint density at radius 1 is 1.46 bits per heavy atom. The van der Waals surface area contributed by atoms with E-state index >= 15 is 0 Å². The summed E-state index contributed by atoms with van der Waals surface area (Å²) in [4.78, 5) is 0. The molecule has 1 aliphatic rings. The molecule has 0 spiro atoms. The highest BCUT2D eigenvalue weighted by atomic mass is 19.1. The molecule has 1 nitrogen and oxygen atoms in total. The molecule has 78 valence electrons. The van der Waals surface area contributed by atoms with Crippen LogP contribution in [0.2, 0.25) is 0 Å². The van der Waals surface area contributed by atoms with Crippen molar-refractivity contribution in [2.45, 2.75) is 39.3 Å². The van der Waals surface area contributed by atoms with Gasteiger partial charge in [-0.2, -0.15) is 0 Å². The topological polar surface area (TPSA) is 9.23 Å². The quantitative estimate of drug-likeness (QED) is 0.659. The highest BCUT2D eigenvalue weighted by molar-refractivity contribution is 4.98. The van der Waals surface area contributed by atoms with Crippen molar-refractivity contribution in [3.05, 3.63) is 0 Å². The van der Waals surface area contributed by atoms with Crippen molar-refractivity contribution in [1.29, 1.82) is 0 Å². The molecule has 0 amide bonds. The van der Waals surface area contributed by atoms with E-state index in [1.165, 1.54) is 0 Å². The molecule has 13 heavy (non-hydrogen) atoms. The van der Waals surface area contributed by atoms with Crippen LogP contribution < -0.4 is 0 Å². The minimum Gasteiger partial charge on any atom is -0.384 e. The molecule has 1 rings (SSSR count). The molecule has 1 unspecified atom stereocenters. The highest BCUT2D eigenvalue weighted by Gasteiger charge is 2.49. The van der Waals surface area contributed by atoms with Crippen LogP contribution in [0.3, 0.4) is 0 Å². The van der Waals surface area contributed by atoms with Gasteiger partial charge in [0, 0.05) is 13.0 Å². The van der Waals surface area contributed by atoms with Crippen molar-refractivity contribution < 1.29 is 9.13 Å². The Bertz CT molecular complexity index is 161. The zero-order valence-corrected chi connectivity index (χ0v) is 9.14. The Balaban J connectivity index is 2.54. The van der Waals surface area contributed by atoms with Crippen molar-refractivity contribution >= 4 is 0 Å². The molecule has 0 aromatic carbocycles. The van der Waals surface area contributed by atoms with Gasteiger partial charge in [-0.25, -0.2) is 4.39 Å². The summed E-state index contributed by atoms with van der Waals surface area (Å²) in [6, 6.07) is 0. The molecule has 0 aliphatic heterocycles. The van der Waals surface area contributed by atoms with Crippen molar-refractivity contribution in [2.75, 3.05) is 13.7 Å². The van der Waals surface area contributed by atoms with Crippen LogP contribution in [0.15, 0.2) is 0 Å². The molecule has 1 atom stereocenters. The molecular weight excluding hydrogens is 167 g/mol. The number of alkyl halides is 1. The lowest BCUT2D eigenvalue weighted by Crippen LogP contribution is -2.48. The first-order chi connectivity index (χ1) is 5.99. The van der Waals surface area contributed by atoms with Crippen molar-refractivity contribution in [2.24, 2.45) is 17.8 Å². The van der Waals surface area contributed by atoms with Gasteiger partial charge in [0.1, 0.15) is 5.67 Å². The lowest BCUT2D eigenvalue weighted by atomic mass is 9.64. The summed E-state index contributed by atoms with van der Waals surface area (Å²) >= 11 is 0. The van der Waals surface area contributed by atoms with Crippen LogP contribution in [0.1, 0.15) is 33.6 Å². The van der Waals surface area contributed by atoms with Gasteiger partial charge in [0.05, 0.1) is 6.61 Å². The predicted molar refractivity (Wildman–Crippen MR) is 52.4 cm³/mol. The first kappa shape index (κ1) is 11.0. The molecule has 0 saturated heterocycles. The zero-order chi connectivity index (χ0) is 10.1. The molecule has 1 fully saturated rings. The zero-order valence-electron chi connectivity index (χ0n) is 9.14. The van der Waals surface area contributed by atoms with Gasteiger partial charge >= 0.3 is 0 Å². The molecule has 0 radical (unpaired) electrons. The minimum absolute atomic E-state index is 0.0775. The lowest BCUT2D eigenvalue weighted by Gasteiger charge is -2.46. The third-order valence-electron chi connectivity index (χ3n) is 3.19. The number of hydrogen-bond acceptors (Lipinski definition) is 1. The Morgan fingerprint density at radius 2 is 2.00 bits per heavy atom. The maximum absolute atomic E-state index is 14.2. The van der Waals surface area contributed by atoms with Crippen LogP contribution in [0.5, 0.6) is 0 Å². The maximum Gasteiger partial charge on any atom is 0.116 e. The molecule has 0 aromatic heterocycles. The van der Waals surface area contributed by atoms with Crippen molar-refractivity contribution in [1.82, 2.24) is 0 Å². The average molecular weight is 188 g/mol. The van der Waals surface area contributed by atoms with Gasteiger partial charge in [0.15, 0.2) is 0 Å². The summed E-state index contributed by atoms with van der Waals surface area (Å²) in [7, 11) is 1.65. The Labute approximate surface area is 80.7 Å². The fourth-order valence-corrected chi connectivity index (χ4v) is 2.52. The van der Waals surface area contributed by atoms with Crippen LogP contribution in [0.4, 0.5) is 4.39 Å². The summed E-state index contributed by atoms with van der Waals surface area (Å²) in [6.07, 6.45) is 1.44. The van der Waals surface area contributed by atoms with Gasteiger partial charge in [-0.05, 0) is 24.7 Å². The molecule has 0 N–H and O–H groups in total. The fraction of sp³-hybridized carbons (Fsp3) is 1.00. The van der Waals surface area contributed by atoms with E-state index < -0.39 is 5.67 Å². The second-order valence-electron chi connectivity index (χ2n) is 4.85. The van der Waals surface area contributed by atoms with Gasteiger partial charge in [-0.3, -0.25) is 0 Å². The number of ether oxygens (including phenoxy) is 1. The molecule has 2 heteroatoms. The Hall–Kier alpha value is -0.110. The van der Waals surface area contributed by atoms with E-state index in [1.54, 1.807) is 7.11 Å². The highest BCUT2D eigenvalue weighted by Crippen LogP contribution is 2.48. The number of methoxy groups -OCH3 is 1. The van der Waals surface area contributed by atoms with E-state index in [2.05, 4.69) is 20.8 Å². The van der Waals surface area contributed by atoms with E-state index in [0.717, 1.165) is 12.8 Å². The third-order valence-corrected chi connectivity index (χ3v) is 3.19. The summed E-state index contributed by atoms with van der Waals surface area (Å²) in [5, 5.41) is 0. The summed E-state index contributed by atoms with van der Waals surface area (Å²) in [5.74, 6) is 1.01. The fourth-order valence-electron chi connectivity index (χ4n) is 2.52. The van der Waals surface area contributed by atoms with E-state index in [4.69, 9.17) is 4.74 Å². The molecule has 0 aromatic rings. The first-order valence-corrected chi connectivity index (χ1v) is 5.17. The third kappa shape index (κ3) is 2.22. The second-order valence-corrected chi connectivity index (χ2v) is 4.85. The molecular formula is C11H21FO. The van der Waals surface area contributed by atoms with E-state index in [-0.39, 0.29) is 5.92 Å². The van der Waals surface area contributed by atoms with Gasteiger partial charge in [-0.1, -0.05) is 20.8 Å². The number of halogens is 1. The van der Waals surface area contributed by atoms with Crippen LogP contribution in [0.25, 0.3) is 0 Å². The summed E-state index contributed by atoms with van der Waals surface area (Å²) in [5.41, 5.74) is -0.941. The number of hydrogen-bond donors (Lipinski definition) is 0. The summed E-state index contributed by atoms with van der Waals surface area (Å²) < 4.78 is 19.3. The standard InChI is InChI=1S/C11H21FO/c1-8(2)10(7-13-4)11(12)5-9(3)6-11/h8-10H,5-7H2,1-4H3. The Kier molecular flexibility index (Phi) is 3.33.